The van der Waals surface area contributed by atoms with Crippen LogP contribution in [-0.2, 0) is 17.9 Å². The van der Waals surface area contributed by atoms with Crippen molar-refractivity contribution in [2.75, 3.05) is 0 Å². The monoisotopic (exact) mass is 416 g/mol. The van der Waals surface area contributed by atoms with Gasteiger partial charge in [-0.25, -0.2) is 0 Å². The number of rotatable bonds is 7. The maximum atomic E-state index is 12.9. The van der Waals surface area contributed by atoms with E-state index in [-0.39, 0.29) is 11.8 Å². The van der Waals surface area contributed by atoms with E-state index in [4.69, 9.17) is 11.6 Å². The molecule has 0 aliphatic carbocycles. The smallest absolute Gasteiger partial charge is 0.221 e. The molecule has 3 aromatic carbocycles. The van der Waals surface area contributed by atoms with Crippen LogP contribution in [0, 0.1) is 0 Å². The lowest BCUT2D eigenvalue weighted by Gasteiger charge is -2.17. The van der Waals surface area contributed by atoms with Crippen LogP contribution in [-0.4, -0.2) is 10.5 Å². The Bertz CT molecular complexity index is 1130. The highest BCUT2D eigenvalue weighted by Crippen LogP contribution is 2.35. The molecule has 3 nitrogen and oxygen atoms in total. The molecule has 1 amide bonds. The minimum Gasteiger partial charge on any atom is -0.352 e. The molecule has 1 heterocycles. The van der Waals surface area contributed by atoms with Gasteiger partial charge in [-0.1, -0.05) is 72.3 Å². The molecule has 1 atom stereocenters. The number of aromatic nitrogens is 1. The summed E-state index contributed by atoms with van der Waals surface area (Å²) in [4.78, 5) is 12.9. The Labute approximate surface area is 182 Å². The number of nitrogens with zero attached hydrogens (tertiary/aromatic N) is 1. The van der Waals surface area contributed by atoms with Crippen LogP contribution in [0.25, 0.3) is 10.9 Å². The number of halogens is 1. The van der Waals surface area contributed by atoms with Gasteiger partial charge in [0.25, 0.3) is 0 Å². The third-order valence-electron chi connectivity index (χ3n) is 5.53. The number of fused-ring (bicyclic) bond motifs is 1. The second-order valence-corrected chi connectivity index (χ2v) is 7.89. The average Bonchev–Trinajstić information content (AvgIpc) is 3.16. The molecule has 152 valence electrons. The minimum absolute atomic E-state index is 0.0344. The van der Waals surface area contributed by atoms with Crippen LogP contribution in [0.15, 0.2) is 85.1 Å². The molecule has 0 bridgehead atoms. The number of hydrogen-bond acceptors (Lipinski definition) is 1. The maximum Gasteiger partial charge on any atom is 0.221 e. The molecule has 0 radical (unpaired) electrons. The summed E-state index contributed by atoms with van der Waals surface area (Å²) < 4.78 is 2.25. The van der Waals surface area contributed by atoms with Crippen LogP contribution in [0.5, 0.6) is 0 Å². The van der Waals surface area contributed by atoms with Crippen LogP contribution < -0.4 is 5.32 Å². The highest BCUT2D eigenvalue weighted by molar-refractivity contribution is 6.30. The van der Waals surface area contributed by atoms with Gasteiger partial charge in [0, 0.05) is 47.6 Å². The molecule has 30 heavy (non-hydrogen) atoms. The van der Waals surface area contributed by atoms with Crippen molar-refractivity contribution in [2.24, 2.45) is 0 Å². The summed E-state index contributed by atoms with van der Waals surface area (Å²) in [6.45, 7) is 3.55. The molecule has 0 fully saturated rings. The Hall–Kier alpha value is -3.04. The van der Waals surface area contributed by atoms with Crippen molar-refractivity contribution >= 4 is 28.4 Å². The molecule has 0 spiro atoms. The molecule has 4 rings (SSSR count). The molecule has 0 aliphatic heterocycles. The van der Waals surface area contributed by atoms with Crippen molar-refractivity contribution in [3.8, 4) is 0 Å². The predicted octanol–water partition coefficient (Wildman–Crippen LogP) is 6.15. The fourth-order valence-corrected chi connectivity index (χ4v) is 4.10. The first-order valence-electron chi connectivity index (χ1n) is 10.3. The van der Waals surface area contributed by atoms with Gasteiger partial charge in [-0.2, -0.15) is 0 Å². The Kier molecular flexibility index (Phi) is 6.20. The summed E-state index contributed by atoms with van der Waals surface area (Å²) in [5.41, 5.74) is 4.55. The average molecular weight is 417 g/mol. The fourth-order valence-electron chi connectivity index (χ4n) is 3.97. The summed E-state index contributed by atoms with van der Waals surface area (Å²) in [6.07, 6.45) is 2.57. The zero-order valence-corrected chi connectivity index (χ0v) is 17.8. The zero-order chi connectivity index (χ0) is 20.9. The lowest BCUT2D eigenvalue weighted by Crippen LogP contribution is -2.25. The van der Waals surface area contributed by atoms with Gasteiger partial charge in [0.05, 0.1) is 0 Å². The number of amides is 1. The SMILES string of the molecule is CCn1cc([C@@H](CC(=O)NCc2ccccc2)c2ccc(Cl)cc2)c2ccccc21. The molecule has 1 N–H and O–H groups in total. The van der Waals surface area contributed by atoms with Crippen LogP contribution in [0.4, 0.5) is 0 Å². The van der Waals surface area contributed by atoms with E-state index >= 15 is 0 Å². The summed E-state index contributed by atoms with van der Waals surface area (Å²) in [5, 5.41) is 4.96. The van der Waals surface area contributed by atoms with Crippen LogP contribution >= 0.6 is 11.6 Å². The quantitative estimate of drug-likeness (QED) is 0.385. The molecular weight excluding hydrogens is 392 g/mol. The van der Waals surface area contributed by atoms with Gasteiger partial charge in [-0.3, -0.25) is 4.79 Å². The normalized spacial score (nSPS) is 12.1. The van der Waals surface area contributed by atoms with Gasteiger partial charge < -0.3 is 9.88 Å². The molecule has 1 aromatic heterocycles. The number of para-hydroxylation sites is 1. The van der Waals surface area contributed by atoms with Gasteiger partial charge >= 0.3 is 0 Å². The topological polar surface area (TPSA) is 34.0 Å². The Morgan fingerprint density at radius 2 is 1.67 bits per heavy atom. The van der Waals surface area contributed by atoms with Gasteiger partial charge in [0.15, 0.2) is 0 Å². The molecule has 0 saturated heterocycles. The standard InChI is InChI=1S/C26H25ClN2O/c1-2-29-18-24(22-10-6-7-11-25(22)29)23(20-12-14-21(27)15-13-20)16-26(30)28-17-19-8-4-3-5-9-19/h3-15,18,23H,2,16-17H2,1H3,(H,28,30)/t23-/m0/s1. The summed E-state index contributed by atoms with van der Waals surface area (Å²) in [7, 11) is 0. The van der Waals surface area contributed by atoms with E-state index in [0.717, 1.165) is 17.7 Å². The first kappa shape index (κ1) is 20.2. The first-order valence-corrected chi connectivity index (χ1v) is 10.7. The van der Waals surface area contributed by atoms with Gasteiger partial charge in [-0.05, 0) is 41.8 Å². The molecular formula is C26H25ClN2O. The first-order chi connectivity index (χ1) is 14.7. The Morgan fingerprint density at radius 3 is 2.40 bits per heavy atom. The third kappa shape index (κ3) is 4.42. The van der Waals surface area contributed by atoms with Gasteiger partial charge in [0.2, 0.25) is 5.91 Å². The van der Waals surface area contributed by atoms with Crippen molar-refractivity contribution in [1.82, 2.24) is 9.88 Å². The van der Waals surface area contributed by atoms with E-state index in [1.807, 2.05) is 54.6 Å². The lowest BCUT2D eigenvalue weighted by molar-refractivity contribution is -0.121. The van der Waals surface area contributed by atoms with Crippen LogP contribution in [0.1, 0.15) is 36.0 Å². The highest BCUT2D eigenvalue weighted by Gasteiger charge is 2.22. The predicted molar refractivity (Wildman–Crippen MR) is 124 cm³/mol. The number of hydrogen-bond donors (Lipinski definition) is 1. The summed E-state index contributed by atoms with van der Waals surface area (Å²) >= 11 is 6.12. The van der Waals surface area contributed by atoms with E-state index in [2.05, 4.69) is 47.3 Å². The van der Waals surface area contributed by atoms with E-state index in [0.29, 0.717) is 18.0 Å². The number of benzene rings is 3. The number of carbonyl (C=O) groups is 1. The van der Waals surface area contributed by atoms with Crippen molar-refractivity contribution in [3.63, 3.8) is 0 Å². The van der Waals surface area contributed by atoms with E-state index in [1.165, 1.54) is 16.5 Å². The van der Waals surface area contributed by atoms with E-state index in [1.54, 1.807) is 0 Å². The van der Waals surface area contributed by atoms with Crippen molar-refractivity contribution in [1.29, 1.82) is 0 Å². The third-order valence-corrected chi connectivity index (χ3v) is 5.78. The minimum atomic E-state index is -0.0456. The van der Waals surface area contributed by atoms with Gasteiger partial charge in [-0.15, -0.1) is 0 Å². The lowest BCUT2D eigenvalue weighted by atomic mass is 9.88. The van der Waals surface area contributed by atoms with E-state index in [9.17, 15) is 4.79 Å². The molecule has 0 aliphatic rings. The Balaban J connectivity index is 1.65. The van der Waals surface area contributed by atoms with Crippen molar-refractivity contribution < 1.29 is 4.79 Å². The zero-order valence-electron chi connectivity index (χ0n) is 17.0. The van der Waals surface area contributed by atoms with Crippen LogP contribution in [0.2, 0.25) is 5.02 Å². The molecule has 0 unspecified atom stereocenters. The number of aryl methyl sites for hydroxylation is 1. The summed E-state index contributed by atoms with van der Waals surface area (Å²) in [6, 6.07) is 26.2. The Morgan fingerprint density at radius 1 is 0.967 bits per heavy atom. The number of carbonyl (C=O) groups excluding carboxylic acids is 1. The van der Waals surface area contributed by atoms with E-state index < -0.39 is 0 Å². The van der Waals surface area contributed by atoms with Crippen molar-refractivity contribution in [2.45, 2.75) is 32.4 Å². The second-order valence-electron chi connectivity index (χ2n) is 7.46. The highest BCUT2D eigenvalue weighted by atomic mass is 35.5. The molecule has 4 aromatic rings. The van der Waals surface area contributed by atoms with Gasteiger partial charge in [0.1, 0.15) is 0 Å². The maximum absolute atomic E-state index is 12.9. The summed E-state index contributed by atoms with van der Waals surface area (Å²) in [5.74, 6) is -0.0112. The number of nitrogens with one attached hydrogen (secondary N) is 1. The van der Waals surface area contributed by atoms with Crippen molar-refractivity contribution in [3.05, 3.63) is 107 Å². The fraction of sp³-hybridized carbons (Fsp3) is 0.192. The van der Waals surface area contributed by atoms with Crippen LogP contribution in [0.3, 0.4) is 0 Å². The largest absolute Gasteiger partial charge is 0.352 e. The second kappa shape index (κ2) is 9.19. The molecule has 4 heteroatoms. The molecule has 0 saturated carbocycles.